The zero-order chi connectivity index (χ0) is 33.5. The van der Waals surface area contributed by atoms with Gasteiger partial charge in [0, 0.05) is 12.1 Å². The van der Waals surface area contributed by atoms with Gasteiger partial charge in [0.15, 0.2) is 0 Å². The normalized spacial score (nSPS) is 22.1. The zero-order valence-electron chi connectivity index (χ0n) is 29.1. The Morgan fingerprint density at radius 3 is 1.40 bits per heavy atom. The van der Waals surface area contributed by atoms with Gasteiger partial charge in [0.05, 0.1) is 33.1 Å². The molecule has 5 N–H and O–H groups in total. The van der Waals surface area contributed by atoms with Gasteiger partial charge in [-0.25, -0.2) is 15.0 Å². The van der Waals surface area contributed by atoms with Crippen LogP contribution in [-0.4, -0.2) is 29.1 Å². The van der Waals surface area contributed by atoms with Gasteiger partial charge in [-0.1, -0.05) is 88.8 Å². The maximum atomic E-state index is 6.28. The number of para-hydroxylation sites is 6. The molecule has 48 heavy (non-hydrogen) atoms. The molecule has 0 amide bonds. The van der Waals surface area contributed by atoms with Gasteiger partial charge < -0.3 is 25.6 Å². The number of H-pyrrole nitrogens is 1. The van der Waals surface area contributed by atoms with Crippen molar-refractivity contribution in [3.63, 3.8) is 0 Å². The van der Waals surface area contributed by atoms with E-state index in [9.17, 15) is 0 Å². The van der Waals surface area contributed by atoms with Gasteiger partial charge >= 0.3 is 0 Å². The number of nitrogen functional groups attached to an aromatic ring is 2. The van der Waals surface area contributed by atoms with Gasteiger partial charge in [-0.15, -0.1) is 0 Å². The van der Waals surface area contributed by atoms with Crippen molar-refractivity contribution < 1.29 is 0 Å². The van der Waals surface area contributed by atoms with Crippen LogP contribution in [0.25, 0.3) is 33.1 Å². The Hall–Kier alpha value is -4.33. The summed E-state index contributed by atoms with van der Waals surface area (Å²) in [5.74, 6) is 4.25. The molecule has 0 atom stereocenters. The highest BCUT2D eigenvalue weighted by Gasteiger charge is 2.24. The highest BCUT2D eigenvalue weighted by atomic mass is 15.2. The quantitative estimate of drug-likeness (QED) is 0.173. The molecule has 0 bridgehead atoms. The number of nitrogens with zero attached hydrogens (tertiary/aromatic N) is 5. The van der Waals surface area contributed by atoms with E-state index in [1.165, 1.54) is 38.5 Å². The minimum absolute atomic E-state index is 0.408. The summed E-state index contributed by atoms with van der Waals surface area (Å²) < 4.78 is 4.49. The molecule has 2 fully saturated rings. The monoisotopic (exact) mass is 646 g/mol. The Morgan fingerprint density at radius 1 is 0.542 bits per heavy atom. The summed E-state index contributed by atoms with van der Waals surface area (Å²) in [5, 5.41) is 0. The summed E-state index contributed by atoms with van der Waals surface area (Å²) >= 11 is 0. The van der Waals surface area contributed by atoms with Gasteiger partial charge in [0.25, 0.3) is 0 Å². The minimum atomic E-state index is 0.408. The van der Waals surface area contributed by atoms with Gasteiger partial charge in [-0.05, 0) is 93.7 Å². The third-order valence-corrected chi connectivity index (χ3v) is 10.4. The van der Waals surface area contributed by atoms with Crippen molar-refractivity contribution in [2.75, 3.05) is 11.5 Å². The average Bonchev–Trinajstić information content (AvgIpc) is 3.71. The fraction of sp³-hybridized carbons (Fsp3) is 0.475. The predicted molar refractivity (Wildman–Crippen MR) is 201 cm³/mol. The topological polar surface area (TPSA) is 116 Å². The molecule has 2 aliphatic rings. The molecule has 0 spiro atoms. The van der Waals surface area contributed by atoms with Crippen molar-refractivity contribution in [3.05, 3.63) is 78.6 Å². The van der Waals surface area contributed by atoms with Crippen molar-refractivity contribution >= 4 is 45.0 Å². The number of hydrogen-bond donors (Lipinski definition) is 3. The van der Waals surface area contributed by atoms with E-state index in [2.05, 4.69) is 67.2 Å². The van der Waals surface area contributed by atoms with E-state index in [0.717, 1.165) is 89.3 Å². The second-order valence-electron chi connectivity index (χ2n) is 14.2. The van der Waals surface area contributed by atoms with Crippen molar-refractivity contribution in [3.8, 4) is 0 Å². The summed E-state index contributed by atoms with van der Waals surface area (Å²) in [6.45, 7) is 6.76. The first-order chi connectivity index (χ1) is 23.4. The molecule has 2 aliphatic carbocycles. The van der Waals surface area contributed by atoms with Crippen LogP contribution in [0.3, 0.4) is 0 Å². The van der Waals surface area contributed by atoms with Crippen LogP contribution in [0.15, 0.2) is 72.8 Å². The standard InChI is InChI=1S/C22H26N6.C10H20.C8H8N2/c23-21-25-17-11-1-3-13-19(17)27(21)15-7-5-9-16(10-6-8-15)28-20-14-4-2-12-18(20)26-22(28)24;1-9-5-3-7-10(2)8-4-6-9;1-6-9-7-4-2-3-5-8(7)10-6/h1-4,11-16H,5-10H2,(H2,23,25)(H2,24,26);9-10H,3-8H2,1-2H3;2-5H,1H3,(H,9,10). The number of imidazole rings is 3. The highest BCUT2D eigenvalue weighted by Crippen LogP contribution is 2.37. The number of aromatic nitrogens is 6. The first-order valence-corrected chi connectivity index (χ1v) is 18.2. The third kappa shape index (κ3) is 8.03. The van der Waals surface area contributed by atoms with Crippen molar-refractivity contribution in [1.82, 2.24) is 29.1 Å². The Balaban J connectivity index is 0.000000163. The zero-order valence-corrected chi connectivity index (χ0v) is 29.1. The smallest absolute Gasteiger partial charge is 0.201 e. The fourth-order valence-corrected chi connectivity index (χ4v) is 7.88. The molecule has 3 aromatic carbocycles. The Morgan fingerprint density at radius 2 is 0.938 bits per heavy atom. The Bertz CT molecular complexity index is 1750. The first kappa shape index (κ1) is 33.6. The predicted octanol–water partition coefficient (Wildman–Crippen LogP) is 10.2. The van der Waals surface area contributed by atoms with E-state index in [1.54, 1.807) is 0 Å². The maximum Gasteiger partial charge on any atom is 0.201 e. The largest absolute Gasteiger partial charge is 0.369 e. The lowest BCUT2D eigenvalue weighted by molar-refractivity contribution is 0.324. The maximum absolute atomic E-state index is 6.28. The molecule has 254 valence electrons. The van der Waals surface area contributed by atoms with Gasteiger partial charge in [0.2, 0.25) is 11.9 Å². The van der Waals surface area contributed by atoms with Crippen LogP contribution in [0.5, 0.6) is 0 Å². The molecule has 3 aromatic heterocycles. The number of fused-ring (bicyclic) bond motifs is 3. The van der Waals surface area contributed by atoms with E-state index in [1.807, 2.05) is 55.5 Å². The number of anilines is 2. The van der Waals surface area contributed by atoms with Crippen LogP contribution in [0.4, 0.5) is 11.9 Å². The van der Waals surface area contributed by atoms with E-state index in [4.69, 9.17) is 11.5 Å². The first-order valence-electron chi connectivity index (χ1n) is 18.2. The summed E-state index contributed by atoms with van der Waals surface area (Å²) in [7, 11) is 0. The van der Waals surface area contributed by atoms with E-state index < -0.39 is 0 Å². The number of nitrogens with two attached hydrogens (primary N) is 2. The molecule has 0 saturated heterocycles. The number of rotatable bonds is 2. The molecular formula is C40H54N8. The summed E-state index contributed by atoms with van der Waals surface area (Å²) in [6.07, 6.45) is 15.5. The molecule has 3 heterocycles. The van der Waals surface area contributed by atoms with Crippen LogP contribution >= 0.6 is 0 Å². The lowest BCUT2D eigenvalue weighted by atomic mass is 9.88. The number of aryl methyl sites for hydroxylation is 1. The molecular weight excluding hydrogens is 592 g/mol. The number of nitrogens with one attached hydrogen (secondary N) is 1. The van der Waals surface area contributed by atoms with Crippen LogP contribution < -0.4 is 11.5 Å². The minimum Gasteiger partial charge on any atom is -0.369 e. The SMILES string of the molecule is CC1CCCC(C)CCC1.Cc1nc2ccccc2[nH]1.Nc1nc2ccccc2n1C1CCCC(n2c(N)nc3ccccc32)CCC1. The van der Waals surface area contributed by atoms with Crippen LogP contribution in [-0.2, 0) is 0 Å². The Kier molecular flexibility index (Phi) is 11.0. The lowest BCUT2D eigenvalue weighted by Gasteiger charge is -2.28. The van der Waals surface area contributed by atoms with Gasteiger partial charge in [-0.3, -0.25) is 0 Å². The van der Waals surface area contributed by atoms with Crippen LogP contribution in [0, 0.1) is 18.8 Å². The Labute approximate surface area is 285 Å². The molecule has 8 nitrogen and oxygen atoms in total. The van der Waals surface area contributed by atoms with E-state index >= 15 is 0 Å². The van der Waals surface area contributed by atoms with E-state index in [0.29, 0.717) is 24.0 Å². The molecule has 6 aromatic rings. The lowest BCUT2D eigenvalue weighted by Crippen LogP contribution is -2.18. The number of aromatic amines is 1. The van der Waals surface area contributed by atoms with E-state index in [-0.39, 0.29) is 0 Å². The molecule has 0 radical (unpaired) electrons. The van der Waals surface area contributed by atoms with Crippen molar-refractivity contribution in [2.24, 2.45) is 11.8 Å². The highest BCUT2D eigenvalue weighted by molar-refractivity contribution is 5.79. The second kappa shape index (κ2) is 15.7. The molecule has 0 aliphatic heterocycles. The van der Waals surface area contributed by atoms with Gasteiger partial charge in [0.1, 0.15) is 5.82 Å². The summed E-state index contributed by atoms with van der Waals surface area (Å²) in [4.78, 5) is 16.5. The summed E-state index contributed by atoms with van der Waals surface area (Å²) in [5.41, 5.74) is 19.0. The number of hydrogen-bond acceptors (Lipinski definition) is 5. The molecule has 8 heteroatoms. The average molecular weight is 647 g/mol. The van der Waals surface area contributed by atoms with Crippen LogP contribution in [0.2, 0.25) is 0 Å². The molecule has 8 rings (SSSR count). The van der Waals surface area contributed by atoms with Crippen molar-refractivity contribution in [1.29, 1.82) is 0 Å². The molecule has 0 unspecified atom stereocenters. The number of benzene rings is 3. The fourth-order valence-electron chi connectivity index (χ4n) is 7.88. The molecule has 2 saturated carbocycles. The summed E-state index contributed by atoms with van der Waals surface area (Å²) in [6, 6.07) is 25.3. The van der Waals surface area contributed by atoms with Gasteiger partial charge in [-0.2, -0.15) is 0 Å². The van der Waals surface area contributed by atoms with Crippen LogP contribution in [0.1, 0.15) is 109 Å². The van der Waals surface area contributed by atoms with Crippen molar-refractivity contribution in [2.45, 2.75) is 110 Å². The second-order valence-corrected chi connectivity index (χ2v) is 14.2. The third-order valence-electron chi connectivity index (χ3n) is 10.4.